The van der Waals surface area contributed by atoms with Crippen molar-refractivity contribution >= 4 is 11.7 Å². The first-order valence-corrected chi connectivity index (χ1v) is 20.2. The van der Waals surface area contributed by atoms with Crippen LogP contribution in [0.4, 0.5) is 5.69 Å². The second kappa shape index (κ2) is 21.8. The minimum Gasteiger partial charge on any atom is -0.669 e. The van der Waals surface area contributed by atoms with E-state index >= 15 is 0 Å². The molecule has 9 aromatic rings. The predicted octanol–water partition coefficient (Wildman–Crippen LogP) is 12.8. The van der Waals surface area contributed by atoms with Gasteiger partial charge in [0.05, 0.1) is 0 Å². The third-order valence-electron chi connectivity index (χ3n) is 10.00. The summed E-state index contributed by atoms with van der Waals surface area (Å²) in [5.41, 5.74) is 10.7. The molecule has 6 nitrogen and oxygen atoms in total. The van der Waals surface area contributed by atoms with Crippen molar-refractivity contribution in [3.05, 3.63) is 238 Å². The van der Waals surface area contributed by atoms with Crippen LogP contribution < -0.4 is 9.47 Å². The Labute approximate surface area is 408 Å². The predicted molar refractivity (Wildman–Crippen MR) is 246 cm³/mol. The van der Waals surface area contributed by atoms with Crippen molar-refractivity contribution in [1.82, 2.24) is 9.55 Å². The second-order valence-corrected chi connectivity index (χ2v) is 14.3. The first-order chi connectivity index (χ1) is 31.1. The van der Waals surface area contributed by atoms with Crippen molar-refractivity contribution in [2.45, 2.75) is 0 Å². The largest absolute Gasteiger partial charge is 4.00 e. The van der Waals surface area contributed by atoms with Crippen LogP contribution >= 0.6 is 0 Å². The van der Waals surface area contributed by atoms with Crippen LogP contribution in [0.2, 0.25) is 0 Å². The van der Waals surface area contributed by atoms with E-state index in [1.165, 1.54) is 0 Å². The van der Waals surface area contributed by atoms with Gasteiger partial charge in [-0.15, -0.1) is 53.6 Å². The minimum absolute atomic E-state index is 0. The maximum atomic E-state index is 6.57. The van der Waals surface area contributed by atoms with Crippen molar-refractivity contribution < 1.29 is 60.8 Å². The molecule has 0 atom stereocenters. The zero-order valence-electron chi connectivity index (χ0n) is 34.8. The monoisotopic (exact) mass is 1200 g/mol. The third-order valence-corrected chi connectivity index (χ3v) is 10.00. The van der Waals surface area contributed by atoms with Crippen molar-refractivity contribution in [3.8, 4) is 84.8 Å². The van der Waals surface area contributed by atoms with E-state index in [1.54, 1.807) is 23.2 Å². The van der Waals surface area contributed by atoms with Crippen LogP contribution in [-0.2, 0) is 42.1 Å². The number of hydrogen-bond acceptors (Lipinski definition) is 3. The molecule has 0 saturated heterocycles. The van der Waals surface area contributed by atoms with E-state index in [2.05, 4.69) is 120 Å². The third kappa shape index (κ3) is 11.2. The maximum Gasteiger partial charge on any atom is 4.00 e. The van der Waals surface area contributed by atoms with Gasteiger partial charge in [-0.1, -0.05) is 118 Å². The first-order valence-electron chi connectivity index (χ1n) is 20.2. The summed E-state index contributed by atoms with van der Waals surface area (Å²) in [6.07, 6.45) is 15.6. The van der Waals surface area contributed by atoms with E-state index in [9.17, 15) is 0 Å². The number of hydrogen-bond donors (Lipinski definition) is 0. The maximum absolute atomic E-state index is 6.57. The number of rotatable bonds is 10. The van der Waals surface area contributed by atoms with Gasteiger partial charge in [-0.25, -0.2) is 24.2 Å². The number of ether oxygens (including phenoxy) is 2. The summed E-state index contributed by atoms with van der Waals surface area (Å²) < 4.78 is 17.9. The number of nitrogens with zero attached hydrogens (tertiary/aromatic N) is 4. The molecule has 1 aliphatic heterocycles. The summed E-state index contributed by atoms with van der Waals surface area (Å²) in [7, 11) is 1.92. The Morgan fingerprint density at radius 2 is 1.18 bits per heavy atom. The number of pyridine rings is 1. The van der Waals surface area contributed by atoms with Crippen LogP contribution in [0, 0.1) is 42.8 Å². The van der Waals surface area contributed by atoms with Crippen LogP contribution in [0.1, 0.15) is 0 Å². The van der Waals surface area contributed by atoms with Gasteiger partial charge in [0.1, 0.15) is 5.69 Å². The zero-order chi connectivity index (χ0) is 42.8. The Bertz CT molecular complexity index is 3130. The molecule has 0 N–H and O–H groups in total. The molecule has 8 heteroatoms. The number of aromatic nitrogens is 2. The molecule has 0 unspecified atom stereocenters. The van der Waals surface area contributed by atoms with E-state index < -0.39 is 0 Å². The molecule has 0 bridgehead atoms. The summed E-state index contributed by atoms with van der Waals surface area (Å²) in [6, 6.07) is 78.5. The average molecular weight is 1200 g/mol. The van der Waals surface area contributed by atoms with Gasteiger partial charge < -0.3 is 25.4 Å². The Balaban J connectivity index is 0.000000642. The Hall–Kier alpha value is -7.37. The summed E-state index contributed by atoms with van der Waals surface area (Å²) >= 11 is 0. The molecule has 1 aliphatic rings. The molecule has 2 aromatic heterocycles. The standard InChI is InChI=1S/C51H32N3O2.C6H4N.2Pt/c1-53-29-30-54(36-53)43-20-11-24-47(35-43)56-45-22-9-18-41(32-45)50-34-40(27-28-52-50)39-17-8-21-44(31-39)55-46-23-10-19-42(33-46)51-48(37-13-4-2-5-14-37)25-12-26-49(51)38-15-6-3-7-16-38;1-2-7-5-3-4-6-7;;/h2-22,24-26,28-30,33-34H,1H3;3-6H;;/q-3;-1;+2;+4. The molecule has 3 heterocycles. The summed E-state index contributed by atoms with van der Waals surface area (Å²) in [5.74, 6) is 2.28. The van der Waals surface area contributed by atoms with E-state index in [1.807, 2.05) is 126 Å². The number of benzene rings is 7. The first kappa shape index (κ1) is 45.6. The molecule has 314 valence electrons. The summed E-state index contributed by atoms with van der Waals surface area (Å²) in [4.78, 5) is 4.62. The van der Waals surface area contributed by atoms with Crippen molar-refractivity contribution in [3.63, 3.8) is 0 Å². The molecule has 0 spiro atoms. The van der Waals surface area contributed by atoms with Gasteiger partial charge in [0.25, 0.3) is 6.20 Å². The van der Waals surface area contributed by atoms with Crippen LogP contribution in [-0.4, -0.2) is 31.8 Å². The zero-order valence-corrected chi connectivity index (χ0v) is 39.3. The van der Waals surface area contributed by atoms with Gasteiger partial charge in [0.15, 0.2) is 7.05 Å². The van der Waals surface area contributed by atoms with E-state index in [-0.39, 0.29) is 42.1 Å². The molecular formula is C57H36N4O2Pt2+2. The molecule has 65 heavy (non-hydrogen) atoms. The average Bonchev–Trinajstić information content (AvgIpc) is 4.05. The SMILES string of the molecule is C[N+]1=C=[N+](c2[c-]c(Oc3[c-]c(-c4cc(-c5[c-]c(Oc6[c-]ccc(-c7c(-c8ccccc8)cccc7-c7ccccc7)c6)ccc5)[c-]cn4)ccc3)ccc2)C=C1.[C-]#Cn1cccc1.[Pt+2].[Pt+4]. The van der Waals surface area contributed by atoms with Crippen molar-refractivity contribution in [2.75, 3.05) is 7.05 Å². The van der Waals surface area contributed by atoms with Gasteiger partial charge in [0.2, 0.25) is 6.20 Å². The molecule has 0 saturated carbocycles. The second-order valence-electron chi connectivity index (χ2n) is 14.3. The quantitative estimate of drug-likeness (QED) is 0.0778. The minimum atomic E-state index is 0. The van der Waals surface area contributed by atoms with E-state index in [4.69, 9.17) is 15.9 Å². The smallest absolute Gasteiger partial charge is 0.669 e. The van der Waals surface area contributed by atoms with Crippen LogP contribution in [0.5, 0.6) is 23.0 Å². The Morgan fingerprint density at radius 3 is 1.82 bits per heavy atom. The molecule has 0 fully saturated rings. The fraction of sp³-hybridized carbons (Fsp3) is 0.0175. The molecule has 0 aliphatic carbocycles. The van der Waals surface area contributed by atoms with E-state index in [0.29, 0.717) is 23.0 Å². The fourth-order valence-electron chi connectivity index (χ4n) is 7.07. The topological polar surface area (TPSA) is 42.3 Å². The van der Waals surface area contributed by atoms with Gasteiger partial charge in [-0.05, 0) is 39.9 Å². The van der Waals surface area contributed by atoms with Crippen LogP contribution in [0.25, 0.3) is 55.8 Å². The van der Waals surface area contributed by atoms with Gasteiger partial charge in [0, 0.05) is 35.4 Å². The Kier molecular flexibility index (Phi) is 15.3. The molecule has 0 amide bonds. The summed E-state index contributed by atoms with van der Waals surface area (Å²) in [5, 5.41) is 0. The van der Waals surface area contributed by atoms with Crippen molar-refractivity contribution in [2.24, 2.45) is 0 Å². The van der Waals surface area contributed by atoms with Gasteiger partial charge >= 0.3 is 48.1 Å². The van der Waals surface area contributed by atoms with Crippen LogP contribution in [0.15, 0.2) is 201 Å². The molecular weight excluding hydrogens is 1160 g/mol. The van der Waals surface area contributed by atoms with Gasteiger partial charge in [-0.2, -0.15) is 30.3 Å². The molecule has 7 aromatic carbocycles. The van der Waals surface area contributed by atoms with Crippen LogP contribution in [0.3, 0.4) is 0 Å². The molecule has 0 radical (unpaired) electrons. The van der Waals surface area contributed by atoms with Crippen molar-refractivity contribution in [1.29, 1.82) is 0 Å². The van der Waals surface area contributed by atoms with E-state index in [0.717, 1.165) is 61.5 Å². The Morgan fingerprint density at radius 1 is 0.585 bits per heavy atom. The molecule has 10 rings (SSSR count). The normalized spacial score (nSPS) is 11.1. The summed E-state index contributed by atoms with van der Waals surface area (Å²) in [6.45, 7) is 0. The van der Waals surface area contributed by atoms with Gasteiger partial charge in [-0.3, -0.25) is 11.1 Å². The fourth-order valence-corrected chi connectivity index (χ4v) is 7.07.